The highest BCUT2D eigenvalue weighted by Gasteiger charge is 2.32. The summed E-state index contributed by atoms with van der Waals surface area (Å²) in [6.45, 7) is 7.20. The molecule has 1 N–H and O–H groups in total. The van der Waals surface area contributed by atoms with E-state index in [9.17, 15) is 14.9 Å². The summed E-state index contributed by atoms with van der Waals surface area (Å²) in [5, 5.41) is 11.0. The minimum Gasteiger partial charge on any atom is -0.348 e. The van der Waals surface area contributed by atoms with Crippen LogP contribution >= 0.6 is 0 Å². The fourth-order valence-corrected chi connectivity index (χ4v) is 1.83. The Kier molecular flexibility index (Phi) is 2.88. The van der Waals surface area contributed by atoms with Crippen molar-refractivity contribution in [1.82, 2.24) is 9.88 Å². The molecule has 18 heavy (non-hydrogen) atoms. The fraction of sp³-hybridized carbons (Fsp3) is 0.583. The summed E-state index contributed by atoms with van der Waals surface area (Å²) in [6, 6.07) is 1.47. The molecule has 98 valence electrons. The zero-order valence-electron chi connectivity index (χ0n) is 10.8. The van der Waals surface area contributed by atoms with E-state index in [4.69, 9.17) is 0 Å². The summed E-state index contributed by atoms with van der Waals surface area (Å²) in [6.07, 6.45) is 0.965. The van der Waals surface area contributed by atoms with Gasteiger partial charge in [-0.25, -0.2) is 0 Å². The van der Waals surface area contributed by atoms with E-state index in [1.807, 2.05) is 20.8 Å². The first kappa shape index (κ1) is 12.6. The third-order valence-electron chi connectivity index (χ3n) is 3.16. The molecule has 1 aromatic rings. The van der Waals surface area contributed by atoms with E-state index >= 15 is 0 Å². The van der Waals surface area contributed by atoms with Crippen molar-refractivity contribution in [3.8, 4) is 0 Å². The van der Waals surface area contributed by atoms with Crippen molar-refractivity contribution in [2.75, 3.05) is 13.1 Å². The second-order valence-electron chi connectivity index (χ2n) is 5.60. The van der Waals surface area contributed by atoms with Crippen molar-refractivity contribution in [2.24, 2.45) is 0 Å². The number of likely N-dealkylation sites (tertiary alicyclic amines) is 1. The number of hydrogen-bond acceptors (Lipinski definition) is 3. The van der Waals surface area contributed by atoms with E-state index < -0.39 is 4.92 Å². The standard InChI is InChI=1S/C12H17N3O3/c1-12(2,3)9-7-8(15(17)18)10(13-9)11(16)14-5-4-6-14/h7,13H,4-6H2,1-3H3. The number of aromatic amines is 1. The minimum absolute atomic E-state index is 0.102. The molecule has 2 rings (SSSR count). The SMILES string of the molecule is CC(C)(C)c1cc([N+](=O)[O-])c(C(=O)N2CCC2)[nH]1. The molecule has 0 unspecified atom stereocenters. The minimum atomic E-state index is -0.501. The van der Waals surface area contributed by atoms with Gasteiger partial charge >= 0.3 is 0 Å². The fourth-order valence-electron chi connectivity index (χ4n) is 1.83. The van der Waals surface area contributed by atoms with Gasteiger partial charge in [-0.3, -0.25) is 14.9 Å². The van der Waals surface area contributed by atoms with Crippen LogP contribution in [-0.4, -0.2) is 33.8 Å². The molecular formula is C12H17N3O3. The predicted molar refractivity (Wildman–Crippen MR) is 66.7 cm³/mol. The van der Waals surface area contributed by atoms with Crippen LogP contribution in [0.5, 0.6) is 0 Å². The van der Waals surface area contributed by atoms with E-state index in [0.29, 0.717) is 18.8 Å². The highest BCUT2D eigenvalue weighted by atomic mass is 16.6. The lowest BCUT2D eigenvalue weighted by atomic mass is 9.92. The molecule has 6 heteroatoms. The van der Waals surface area contributed by atoms with Crippen LogP contribution in [0.25, 0.3) is 0 Å². The Morgan fingerprint density at radius 1 is 1.44 bits per heavy atom. The van der Waals surface area contributed by atoms with Crippen LogP contribution in [0.15, 0.2) is 6.07 Å². The highest BCUT2D eigenvalue weighted by Crippen LogP contribution is 2.29. The van der Waals surface area contributed by atoms with Crippen molar-refractivity contribution in [3.63, 3.8) is 0 Å². The molecule has 0 bridgehead atoms. The summed E-state index contributed by atoms with van der Waals surface area (Å²) >= 11 is 0. The number of carbonyl (C=O) groups is 1. The summed E-state index contributed by atoms with van der Waals surface area (Å²) in [7, 11) is 0. The van der Waals surface area contributed by atoms with Crippen LogP contribution in [0.2, 0.25) is 0 Å². The number of amides is 1. The summed E-state index contributed by atoms with van der Waals surface area (Å²) in [5.74, 6) is -0.275. The van der Waals surface area contributed by atoms with E-state index in [0.717, 1.165) is 6.42 Å². The molecule has 0 radical (unpaired) electrons. The second-order valence-corrected chi connectivity index (χ2v) is 5.60. The van der Waals surface area contributed by atoms with Crippen LogP contribution in [0, 0.1) is 10.1 Å². The number of nitrogens with one attached hydrogen (secondary N) is 1. The number of nitrogens with zero attached hydrogens (tertiary/aromatic N) is 2. The number of aromatic nitrogens is 1. The number of hydrogen-bond donors (Lipinski definition) is 1. The normalized spacial score (nSPS) is 15.4. The molecule has 0 saturated carbocycles. The van der Waals surface area contributed by atoms with Crippen LogP contribution in [0.3, 0.4) is 0 Å². The van der Waals surface area contributed by atoms with Crippen molar-refractivity contribution < 1.29 is 9.72 Å². The number of rotatable bonds is 2. The van der Waals surface area contributed by atoms with Gasteiger partial charge in [0.25, 0.3) is 11.6 Å². The first-order valence-electron chi connectivity index (χ1n) is 5.98. The van der Waals surface area contributed by atoms with Crippen molar-refractivity contribution in [2.45, 2.75) is 32.6 Å². The Morgan fingerprint density at radius 3 is 2.44 bits per heavy atom. The maximum atomic E-state index is 12.1. The Morgan fingerprint density at radius 2 is 2.06 bits per heavy atom. The first-order valence-corrected chi connectivity index (χ1v) is 5.98. The van der Waals surface area contributed by atoms with Gasteiger partial charge in [0, 0.05) is 30.3 Å². The second kappa shape index (κ2) is 4.12. The lowest BCUT2D eigenvalue weighted by Crippen LogP contribution is -2.42. The molecule has 1 saturated heterocycles. The van der Waals surface area contributed by atoms with Crippen molar-refractivity contribution in [3.05, 3.63) is 27.6 Å². The van der Waals surface area contributed by atoms with Crippen molar-refractivity contribution >= 4 is 11.6 Å². The molecule has 6 nitrogen and oxygen atoms in total. The molecule has 1 aliphatic rings. The van der Waals surface area contributed by atoms with Crippen LogP contribution in [0.4, 0.5) is 5.69 Å². The van der Waals surface area contributed by atoms with Gasteiger partial charge in [-0.2, -0.15) is 0 Å². The van der Waals surface area contributed by atoms with E-state index in [-0.39, 0.29) is 22.7 Å². The number of nitro groups is 1. The molecule has 0 aromatic carbocycles. The predicted octanol–water partition coefficient (Wildman–Crippen LogP) is 2.07. The Hall–Kier alpha value is -1.85. The van der Waals surface area contributed by atoms with Crippen molar-refractivity contribution in [1.29, 1.82) is 0 Å². The molecular weight excluding hydrogens is 234 g/mol. The summed E-state index contributed by atoms with van der Waals surface area (Å²) in [4.78, 5) is 27.1. The Labute approximate surface area is 105 Å². The Bertz CT molecular complexity index is 495. The van der Waals surface area contributed by atoms with Gasteiger partial charge in [0.05, 0.1) is 4.92 Å². The lowest BCUT2D eigenvalue weighted by Gasteiger charge is -2.30. The third-order valence-corrected chi connectivity index (χ3v) is 3.16. The van der Waals surface area contributed by atoms with Gasteiger partial charge in [-0.05, 0) is 6.42 Å². The van der Waals surface area contributed by atoms with Gasteiger partial charge in [0.1, 0.15) is 0 Å². The zero-order chi connectivity index (χ0) is 13.5. The maximum Gasteiger partial charge on any atom is 0.300 e. The maximum absolute atomic E-state index is 12.1. The van der Waals surface area contributed by atoms with E-state index in [2.05, 4.69) is 4.98 Å². The molecule has 0 atom stereocenters. The van der Waals surface area contributed by atoms with Gasteiger partial charge < -0.3 is 9.88 Å². The quantitative estimate of drug-likeness (QED) is 0.645. The third kappa shape index (κ3) is 2.10. The van der Waals surface area contributed by atoms with E-state index in [1.165, 1.54) is 6.07 Å². The van der Waals surface area contributed by atoms with Gasteiger partial charge in [0.15, 0.2) is 5.69 Å². The van der Waals surface area contributed by atoms with Crippen LogP contribution < -0.4 is 0 Å². The van der Waals surface area contributed by atoms with Gasteiger partial charge in [-0.15, -0.1) is 0 Å². The molecule has 1 amide bonds. The van der Waals surface area contributed by atoms with Gasteiger partial charge in [-0.1, -0.05) is 20.8 Å². The van der Waals surface area contributed by atoms with Crippen LogP contribution in [-0.2, 0) is 5.41 Å². The first-order chi connectivity index (χ1) is 8.30. The molecule has 0 spiro atoms. The van der Waals surface area contributed by atoms with Gasteiger partial charge in [0.2, 0.25) is 0 Å². The smallest absolute Gasteiger partial charge is 0.300 e. The average molecular weight is 251 g/mol. The summed E-state index contributed by atoms with van der Waals surface area (Å²) < 4.78 is 0. The van der Waals surface area contributed by atoms with E-state index in [1.54, 1.807) is 4.90 Å². The largest absolute Gasteiger partial charge is 0.348 e. The molecule has 2 heterocycles. The topological polar surface area (TPSA) is 79.2 Å². The monoisotopic (exact) mass is 251 g/mol. The lowest BCUT2D eigenvalue weighted by molar-refractivity contribution is -0.385. The highest BCUT2D eigenvalue weighted by molar-refractivity contribution is 5.97. The number of carbonyl (C=O) groups excluding carboxylic acids is 1. The summed E-state index contributed by atoms with van der Waals surface area (Å²) in [5.41, 5.74) is 0.428. The molecule has 1 fully saturated rings. The molecule has 1 aromatic heterocycles. The number of H-pyrrole nitrogens is 1. The average Bonchev–Trinajstić information content (AvgIpc) is 2.57. The zero-order valence-corrected chi connectivity index (χ0v) is 10.8. The van der Waals surface area contributed by atoms with Crippen LogP contribution in [0.1, 0.15) is 43.4 Å². The molecule has 0 aliphatic carbocycles. The Balaban J connectivity index is 2.41. The molecule has 1 aliphatic heterocycles.